The maximum absolute atomic E-state index is 3.73. The number of hydrogen-bond acceptors (Lipinski definition) is 1. The minimum Gasteiger partial charge on any atom is -0.355 e. The molecule has 1 nitrogen and oxygen atoms in total. The minimum atomic E-state index is 0. The van der Waals surface area contributed by atoms with E-state index in [0.717, 1.165) is 11.4 Å². The summed E-state index contributed by atoms with van der Waals surface area (Å²) in [6, 6.07) is 35.1. The molecule has 146 valence electrons. The van der Waals surface area contributed by atoms with Crippen molar-refractivity contribution in [2.24, 2.45) is 0 Å². The van der Waals surface area contributed by atoms with Crippen LogP contribution >= 0.6 is 0 Å². The Morgan fingerprint density at radius 1 is 0.600 bits per heavy atom. The van der Waals surface area contributed by atoms with Gasteiger partial charge in [-0.25, -0.2) is 0 Å². The number of anilines is 2. The first-order chi connectivity index (χ1) is 14.6. The Morgan fingerprint density at radius 3 is 2.13 bits per heavy atom. The van der Waals surface area contributed by atoms with Crippen molar-refractivity contribution in [3.8, 4) is 11.1 Å². The maximum Gasteiger partial charge on any atom is 0.0470 e. The van der Waals surface area contributed by atoms with Gasteiger partial charge in [0.15, 0.2) is 0 Å². The van der Waals surface area contributed by atoms with E-state index in [2.05, 4.69) is 116 Å². The van der Waals surface area contributed by atoms with Gasteiger partial charge in [0.05, 0.1) is 0 Å². The summed E-state index contributed by atoms with van der Waals surface area (Å²) >= 11 is 0. The Labute approximate surface area is 178 Å². The zero-order valence-corrected chi connectivity index (χ0v) is 17.2. The second kappa shape index (κ2) is 6.21. The number of nitrogens with one attached hydrogen (secondary N) is 1. The lowest BCUT2D eigenvalue weighted by atomic mass is 9.82. The molecule has 0 bridgehead atoms. The topological polar surface area (TPSA) is 12.0 Å². The second-order valence-corrected chi connectivity index (χ2v) is 8.75. The Morgan fingerprint density at radius 2 is 1.27 bits per heavy atom. The van der Waals surface area contributed by atoms with Crippen molar-refractivity contribution in [1.29, 1.82) is 0 Å². The van der Waals surface area contributed by atoms with Crippen LogP contribution in [0.15, 0.2) is 97.1 Å². The fourth-order valence-electron chi connectivity index (χ4n) is 5.10. The SMILES string of the molecule is CC1(C)c2ccccc2-c2ccc(Nc3cc4ccccc4c4ccccc34)cc21.[HH]. The van der Waals surface area contributed by atoms with E-state index in [0.29, 0.717) is 0 Å². The molecule has 0 aromatic heterocycles. The minimum absolute atomic E-state index is 0. The zero-order chi connectivity index (χ0) is 20.3. The van der Waals surface area contributed by atoms with Crippen molar-refractivity contribution < 1.29 is 1.43 Å². The van der Waals surface area contributed by atoms with E-state index in [1.54, 1.807) is 0 Å². The summed E-state index contributed by atoms with van der Waals surface area (Å²) in [7, 11) is 0. The first-order valence-corrected chi connectivity index (χ1v) is 10.5. The first-order valence-electron chi connectivity index (χ1n) is 10.5. The van der Waals surface area contributed by atoms with Gasteiger partial charge in [-0.2, -0.15) is 0 Å². The number of hydrogen-bond donors (Lipinski definition) is 1. The van der Waals surface area contributed by atoms with Crippen LogP contribution in [0.4, 0.5) is 11.4 Å². The third-order valence-electron chi connectivity index (χ3n) is 6.63. The second-order valence-electron chi connectivity index (χ2n) is 8.75. The fraction of sp³-hybridized carbons (Fsp3) is 0.103. The third-order valence-corrected chi connectivity index (χ3v) is 6.63. The molecule has 0 unspecified atom stereocenters. The molecule has 1 aliphatic rings. The molecule has 6 rings (SSSR count). The van der Waals surface area contributed by atoms with Crippen LogP contribution in [-0.2, 0) is 5.41 Å². The fourth-order valence-corrected chi connectivity index (χ4v) is 5.10. The predicted octanol–water partition coefficient (Wildman–Crippen LogP) is 8.29. The van der Waals surface area contributed by atoms with Gasteiger partial charge < -0.3 is 5.32 Å². The molecule has 1 heteroatoms. The molecule has 0 saturated heterocycles. The monoisotopic (exact) mass is 387 g/mol. The van der Waals surface area contributed by atoms with Crippen LogP contribution in [0.3, 0.4) is 0 Å². The Kier molecular flexibility index (Phi) is 3.58. The van der Waals surface area contributed by atoms with Crippen LogP contribution in [0.5, 0.6) is 0 Å². The number of benzene rings is 5. The van der Waals surface area contributed by atoms with Gasteiger partial charge in [-0.3, -0.25) is 0 Å². The Hall–Kier alpha value is -3.58. The molecule has 0 spiro atoms. The van der Waals surface area contributed by atoms with Crippen LogP contribution in [0, 0.1) is 0 Å². The molecule has 5 aromatic carbocycles. The molecule has 0 radical (unpaired) electrons. The van der Waals surface area contributed by atoms with E-state index < -0.39 is 0 Å². The van der Waals surface area contributed by atoms with E-state index in [4.69, 9.17) is 0 Å². The highest BCUT2D eigenvalue weighted by Gasteiger charge is 2.35. The summed E-state index contributed by atoms with van der Waals surface area (Å²) in [5, 5.41) is 8.82. The standard InChI is InChI=1S/C29H23N.H2/c1-29(2)26-14-8-7-12-23(26)24-16-15-20(18-27(24)29)30-28-17-19-9-3-4-10-21(19)22-11-5-6-13-25(22)28;/h3-18,30H,1-2H3;1H. The van der Waals surface area contributed by atoms with E-state index >= 15 is 0 Å². The highest BCUT2D eigenvalue weighted by molar-refractivity contribution is 6.13. The van der Waals surface area contributed by atoms with Crippen molar-refractivity contribution in [1.82, 2.24) is 0 Å². The molecule has 0 heterocycles. The molecule has 1 N–H and O–H groups in total. The molecular weight excluding hydrogens is 362 g/mol. The molecule has 0 amide bonds. The van der Waals surface area contributed by atoms with Crippen LogP contribution in [-0.4, -0.2) is 0 Å². The highest BCUT2D eigenvalue weighted by atomic mass is 14.9. The normalized spacial score (nSPS) is 13.9. The van der Waals surface area contributed by atoms with Crippen molar-refractivity contribution >= 4 is 32.9 Å². The molecule has 0 atom stereocenters. The molecule has 30 heavy (non-hydrogen) atoms. The van der Waals surface area contributed by atoms with Gasteiger partial charge in [0.25, 0.3) is 0 Å². The summed E-state index contributed by atoms with van der Waals surface area (Å²) in [6.45, 7) is 4.65. The van der Waals surface area contributed by atoms with Gasteiger partial charge >= 0.3 is 0 Å². The van der Waals surface area contributed by atoms with E-state index in [1.807, 2.05) is 0 Å². The van der Waals surface area contributed by atoms with Crippen molar-refractivity contribution in [2.45, 2.75) is 19.3 Å². The van der Waals surface area contributed by atoms with Gasteiger partial charge in [-0.05, 0) is 56.6 Å². The van der Waals surface area contributed by atoms with Crippen LogP contribution in [0.25, 0.3) is 32.7 Å². The number of fused-ring (bicyclic) bond motifs is 6. The van der Waals surface area contributed by atoms with Gasteiger partial charge in [0, 0.05) is 23.6 Å². The van der Waals surface area contributed by atoms with Crippen molar-refractivity contribution in [3.05, 3.63) is 108 Å². The zero-order valence-electron chi connectivity index (χ0n) is 17.2. The van der Waals surface area contributed by atoms with Gasteiger partial charge in [0.2, 0.25) is 0 Å². The van der Waals surface area contributed by atoms with Gasteiger partial charge in [-0.15, -0.1) is 0 Å². The quantitative estimate of drug-likeness (QED) is 0.300. The first kappa shape index (κ1) is 17.3. The Balaban J connectivity index is 0.00000204. The molecule has 5 aromatic rings. The van der Waals surface area contributed by atoms with Crippen LogP contribution in [0.1, 0.15) is 26.4 Å². The highest BCUT2D eigenvalue weighted by Crippen LogP contribution is 2.49. The summed E-state index contributed by atoms with van der Waals surface area (Å²) in [6.07, 6.45) is 0. The smallest absolute Gasteiger partial charge is 0.0470 e. The van der Waals surface area contributed by atoms with E-state index in [1.165, 1.54) is 43.8 Å². The summed E-state index contributed by atoms with van der Waals surface area (Å²) in [4.78, 5) is 0. The number of rotatable bonds is 2. The lowest BCUT2D eigenvalue weighted by Gasteiger charge is -2.22. The average Bonchev–Trinajstić information content (AvgIpc) is 3.01. The van der Waals surface area contributed by atoms with E-state index in [9.17, 15) is 0 Å². The Bertz CT molecular complexity index is 1450. The lowest BCUT2D eigenvalue weighted by molar-refractivity contribution is 0.660. The third kappa shape index (κ3) is 2.42. The summed E-state index contributed by atoms with van der Waals surface area (Å²) in [5.41, 5.74) is 7.80. The average molecular weight is 388 g/mol. The summed E-state index contributed by atoms with van der Waals surface area (Å²) in [5.74, 6) is 0. The molecule has 0 aliphatic heterocycles. The molecule has 0 saturated carbocycles. The lowest BCUT2D eigenvalue weighted by Crippen LogP contribution is -2.15. The molecule has 0 fully saturated rings. The van der Waals surface area contributed by atoms with Crippen molar-refractivity contribution in [2.75, 3.05) is 5.32 Å². The maximum atomic E-state index is 3.73. The van der Waals surface area contributed by atoms with Crippen LogP contribution in [0.2, 0.25) is 0 Å². The van der Waals surface area contributed by atoms with Crippen molar-refractivity contribution in [3.63, 3.8) is 0 Å². The van der Waals surface area contributed by atoms with Gasteiger partial charge in [-0.1, -0.05) is 92.7 Å². The van der Waals surface area contributed by atoms with E-state index in [-0.39, 0.29) is 6.84 Å². The molecular formula is C29H25N. The summed E-state index contributed by atoms with van der Waals surface area (Å²) < 4.78 is 0. The predicted molar refractivity (Wildman–Crippen MR) is 131 cm³/mol. The van der Waals surface area contributed by atoms with Crippen LogP contribution < -0.4 is 5.32 Å². The molecule has 1 aliphatic carbocycles. The largest absolute Gasteiger partial charge is 0.355 e. The van der Waals surface area contributed by atoms with Gasteiger partial charge in [0.1, 0.15) is 0 Å².